The van der Waals surface area contributed by atoms with Crippen molar-refractivity contribution in [3.05, 3.63) is 77.7 Å². The average Bonchev–Trinajstić information content (AvgIpc) is 3.10. The Hall–Kier alpha value is -3.19. The molecule has 0 unspecified atom stereocenters. The molecule has 140 valence electrons. The normalized spacial score (nSPS) is 10.9. The number of nitrogens with zero attached hydrogens (tertiary/aromatic N) is 4. The number of benzene rings is 2. The van der Waals surface area contributed by atoms with Gasteiger partial charge in [-0.2, -0.15) is 9.50 Å². The molecule has 0 aliphatic carbocycles. The van der Waals surface area contributed by atoms with Gasteiger partial charge in [-0.1, -0.05) is 49.0 Å². The van der Waals surface area contributed by atoms with E-state index in [9.17, 15) is 4.79 Å². The molecule has 0 bridgehead atoms. The van der Waals surface area contributed by atoms with Crippen molar-refractivity contribution in [1.82, 2.24) is 19.6 Å². The van der Waals surface area contributed by atoms with Crippen molar-refractivity contribution < 1.29 is 4.79 Å². The van der Waals surface area contributed by atoms with Crippen molar-refractivity contribution in [1.29, 1.82) is 0 Å². The third kappa shape index (κ3) is 3.75. The average molecular weight is 389 g/mol. The van der Waals surface area contributed by atoms with E-state index < -0.39 is 0 Å². The van der Waals surface area contributed by atoms with E-state index in [4.69, 9.17) is 0 Å². The Morgan fingerprint density at radius 3 is 2.61 bits per heavy atom. The fourth-order valence-electron chi connectivity index (χ4n) is 2.80. The van der Waals surface area contributed by atoms with Gasteiger partial charge in [-0.15, -0.1) is 5.10 Å². The predicted molar refractivity (Wildman–Crippen MR) is 110 cm³/mol. The van der Waals surface area contributed by atoms with E-state index in [-0.39, 0.29) is 5.91 Å². The van der Waals surface area contributed by atoms with Crippen molar-refractivity contribution in [3.8, 4) is 0 Å². The van der Waals surface area contributed by atoms with Crippen LogP contribution in [0, 0.1) is 6.92 Å². The summed E-state index contributed by atoms with van der Waals surface area (Å²) in [5.41, 5.74) is 2.32. The van der Waals surface area contributed by atoms with Gasteiger partial charge >= 0.3 is 0 Å². The van der Waals surface area contributed by atoms with E-state index in [1.165, 1.54) is 11.8 Å². The van der Waals surface area contributed by atoms with Gasteiger partial charge in [0.05, 0.1) is 5.69 Å². The zero-order chi connectivity index (χ0) is 19.5. The largest absolute Gasteiger partial charge is 0.321 e. The molecule has 0 aliphatic rings. The van der Waals surface area contributed by atoms with Gasteiger partial charge in [0.15, 0.2) is 0 Å². The Balaban J connectivity index is 1.68. The van der Waals surface area contributed by atoms with E-state index in [2.05, 4.69) is 27.3 Å². The number of nitrogens with one attached hydrogen (secondary N) is 1. The van der Waals surface area contributed by atoms with Crippen LogP contribution in [0.2, 0.25) is 0 Å². The highest BCUT2D eigenvalue weighted by molar-refractivity contribution is 7.99. The number of aryl methyl sites for hydroxylation is 2. The van der Waals surface area contributed by atoms with Gasteiger partial charge in [0, 0.05) is 16.2 Å². The maximum atomic E-state index is 12.6. The second kappa shape index (κ2) is 7.82. The maximum Gasteiger partial charge on any atom is 0.255 e. The minimum absolute atomic E-state index is 0.139. The smallest absolute Gasteiger partial charge is 0.255 e. The molecule has 1 amide bonds. The van der Waals surface area contributed by atoms with E-state index in [0.29, 0.717) is 17.2 Å². The molecule has 0 spiro atoms. The number of anilines is 1. The van der Waals surface area contributed by atoms with Crippen molar-refractivity contribution in [2.75, 3.05) is 5.32 Å². The van der Waals surface area contributed by atoms with Crippen LogP contribution in [0.5, 0.6) is 0 Å². The van der Waals surface area contributed by atoms with Crippen molar-refractivity contribution in [3.63, 3.8) is 0 Å². The second-order valence-electron chi connectivity index (χ2n) is 6.23. The van der Waals surface area contributed by atoms with Crippen molar-refractivity contribution in [2.45, 2.75) is 30.2 Å². The van der Waals surface area contributed by atoms with Gasteiger partial charge in [0.1, 0.15) is 10.9 Å². The molecule has 0 saturated heterocycles. The highest BCUT2D eigenvalue weighted by Crippen LogP contribution is 2.34. The molecule has 4 aromatic rings. The lowest BCUT2D eigenvalue weighted by Crippen LogP contribution is -2.12. The molecule has 0 saturated carbocycles. The fourth-order valence-corrected chi connectivity index (χ4v) is 3.80. The molecule has 2 aromatic carbocycles. The highest BCUT2D eigenvalue weighted by atomic mass is 32.2. The van der Waals surface area contributed by atoms with Gasteiger partial charge in [-0.3, -0.25) is 4.79 Å². The van der Waals surface area contributed by atoms with Crippen LogP contribution in [0.15, 0.2) is 70.6 Å². The Labute approximate surface area is 167 Å². The van der Waals surface area contributed by atoms with Crippen molar-refractivity contribution >= 4 is 29.1 Å². The molecular formula is C21H19N5OS. The molecule has 4 rings (SSSR count). The monoisotopic (exact) mass is 389 g/mol. The lowest BCUT2D eigenvalue weighted by Gasteiger charge is -2.12. The number of carbonyl (C=O) groups excluding carboxylic acids is 1. The standard InChI is InChI=1S/C21H19N5OS/c1-3-16-13-19(26-21(23-16)22-14(2)25-26)28-18-12-8-7-11-17(18)24-20(27)15-9-5-4-6-10-15/h4-13H,3H2,1-2H3,(H,24,27). The quantitative estimate of drug-likeness (QED) is 0.512. The summed E-state index contributed by atoms with van der Waals surface area (Å²) in [6.07, 6.45) is 0.808. The van der Waals surface area contributed by atoms with Crippen LogP contribution in [0.25, 0.3) is 5.78 Å². The van der Waals surface area contributed by atoms with E-state index in [1.807, 2.05) is 55.5 Å². The van der Waals surface area contributed by atoms with E-state index in [0.717, 1.165) is 27.7 Å². The van der Waals surface area contributed by atoms with Crippen LogP contribution in [-0.2, 0) is 6.42 Å². The fraction of sp³-hybridized carbons (Fsp3) is 0.143. The molecular weight excluding hydrogens is 370 g/mol. The molecule has 2 heterocycles. The van der Waals surface area contributed by atoms with Crippen molar-refractivity contribution in [2.24, 2.45) is 0 Å². The lowest BCUT2D eigenvalue weighted by atomic mass is 10.2. The summed E-state index contributed by atoms with van der Waals surface area (Å²) in [6.45, 7) is 3.91. The summed E-state index contributed by atoms with van der Waals surface area (Å²) in [5.74, 6) is 1.12. The minimum atomic E-state index is -0.139. The zero-order valence-electron chi connectivity index (χ0n) is 15.6. The van der Waals surface area contributed by atoms with Gasteiger partial charge in [0.25, 0.3) is 11.7 Å². The third-order valence-electron chi connectivity index (χ3n) is 4.19. The summed E-state index contributed by atoms with van der Waals surface area (Å²) in [6, 6.07) is 18.9. The molecule has 0 fully saturated rings. The Bertz CT molecular complexity index is 1140. The summed E-state index contributed by atoms with van der Waals surface area (Å²) in [7, 11) is 0. The van der Waals surface area contributed by atoms with E-state index in [1.54, 1.807) is 16.6 Å². The van der Waals surface area contributed by atoms with Crippen LogP contribution in [-0.4, -0.2) is 25.5 Å². The predicted octanol–water partition coefficient (Wildman–Crippen LogP) is 4.40. The molecule has 0 aliphatic heterocycles. The number of aromatic nitrogens is 4. The molecule has 2 aromatic heterocycles. The van der Waals surface area contributed by atoms with Gasteiger partial charge < -0.3 is 5.32 Å². The summed E-state index contributed by atoms with van der Waals surface area (Å²) in [4.78, 5) is 22.4. The second-order valence-corrected chi connectivity index (χ2v) is 7.29. The topological polar surface area (TPSA) is 72.2 Å². The molecule has 0 radical (unpaired) electrons. The zero-order valence-corrected chi connectivity index (χ0v) is 16.4. The summed E-state index contributed by atoms with van der Waals surface area (Å²) >= 11 is 1.53. The number of hydrogen-bond acceptors (Lipinski definition) is 5. The summed E-state index contributed by atoms with van der Waals surface area (Å²) in [5, 5.41) is 8.37. The van der Waals surface area contributed by atoms with Gasteiger partial charge in [-0.05, 0) is 43.7 Å². The lowest BCUT2D eigenvalue weighted by molar-refractivity contribution is 0.102. The first-order chi connectivity index (χ1) is 13.6. The number of para-hydroxylation sites is 1. The first kappa shape index (κ1) is 18.2. The Morgan fingerprint density at radius 2 is 1.82 bits per heavy atom. The number of hydrogen-bond donors (Lipinski definition) is 1. The number of rotatable bonds is 5. The van der Waals surface area contributed by atoms with Crippen LogP contribution in [0.4, 0.5) is 5.69 Å². The Morgan fingerprint density at radius 1 is 1.07 bits per heavy atom. The van der Waals surface area contributed by atoms with Gasteiger partial charge in [0.2, 0.25) is 0 Å². The summed E-state index contributed by atoms with van der Waals surface area (Å²) < 4.78 is 1.74. The van der Waals surface area contributed by atoms with Crippen LogP contribution < -0.4 is 5.32 Å². The van der Waals surface area contributed by atoms with Crippen LogP contribution in [0.1, 0.15) is 28.8 Å². The van der Waals surface area contributed by atoms with Gasteiger partial charge in [-0.25, -0.2) is 4.98 Å². The maximum absolute atomic E-state index is 12.6. The van der Waals surface area contributed by atoms with Crippen LogP contribution in [0.3, 0.4) is 0 Å². The number of carbonyl (C=O) groups is 1. The number of amides is 1. The molecule has 1 N–H and O–H groups in total. The first-order valence-corrected chi connectivity index (χ1v) is 9.82. The minimum Gasteiger partial charge on any atom is -0.321 e. The molecule has 0 atom stereocenters. The third-order valence-corrected chi connectivity index (χ3v) is 5.26. The molecule has 7 heteroatoms. The van der Waals surface area contributed by atoms with E-state index >= 15 is 0 Å². The molecule has 28 heavy (non-hydrogen) atoms. The Kier molecular flexibility index (Phi) is 5.08. The highest BCUT2D eigenvalue weighted by Gasteiger charge is 2.14. The SMILES string of the molecule is CCc1cc(Sc2ccccc2NC(=O)c2ccccc2)n2nc(C)nc2n1. The molecule has 6 nitrogen and oxygen atoms in total. The van der Waals surface area contributed by atoms with Crippen LogP contribution >= 0.6 is 11.8 Å². The first-order valence-electron chi connectivity index (χ1n) is 9.00. The number of fused-ring (bicyclic) bond motifs is 1.